The molecule has 0 aliphatic rings. The highest BCUT2D eigenvalue weighted by molar-refractivity contribution is 6.02. The Hall–Kier alpha value is -5.21. The van der Waals surface area contributed by atoms with Gasteiger partial charge in [0.05, 0.1) is 17.4 Å². The first-order valence-electron chi connectivity index (χ1n) is 17.3. The number of anilines is 1. The molecule has 0 spiro atoms. The highest BCUT2D eigenvalue weighted by atomic mass is 19.1. The third kappa shape index (κ3) is 17.2. The number of phenols is 1. The number of aryl methyl sites for hydroxylation is 1. The fourth-order valence-corrected chi connectivity index (χ4v) is 4.73. The van der Waals surface area contributed by atoms with Crippen LogP contribution in [0.4, 0.5) is 30.1 Å². The number of aromatic hydroxyl groups is 1. The molecule has 0 fully saturated rings. The number of hydrogen-bond donors (Lipinski definition) is 5. The van der Waals surface area contributed by atoms with Crippen LogP contribution in [0.15, 0.2) is 47.5 Å². The predicted molar refractivity (Wildman–Crippen MR) is 198 cm³/mol. The number of nitrogens with zero attached hydrogens (tertiary/aromatic N) is 1. The van der Waals surface area contributed by atoms with E-state index in [1.807, 2.05) is 0 Å². The van der Waals surface area contributed by atoms with Gasteiger partial charge in [-0.15, -0.1) is 0 Å². The van der Waals surface area contributed by atoms with Gasteiger partial charge < -0.3 is 30.0 Å². The average molecular weight is 744 g/mol. The molecule has 1 unspecified atom stereocenters. The van der Waals surface area contributed by atoms with Gasteiger partial charge >= 0.3 is 18.3 Å². The molecule has 2 atom stereocenters. The molecule has 15 heteroatoms. The summed E-state index contributed by atoms with van der Waals surface area (Å²) in [4.78, 5) is 69.3. The van der Waals surface area contributed by atoms with Gasteiger partial charge in [-0.3, -0.25) is 20.2 Å². The molecule has 0 aliphatic heterocycles. The highest BCUT2D eigenvalue weighted by Gasteiger charge is 2.31. The number of nitrogens with one attached hydrogen (secondary N) is 4. The second kappa shape index (κ2) is 18.5. The molecule has 4 amide bonds. The molecule has 0 saturated heterocycles. The van der Waals surface area contributed by atoms with Crippen molar-refractivity contribution in [2.45, 2.75) is 118 Å². The van der Waals surface area contributed by atoms with E-state index in [-0.39, 0.29) is 42.6 Å². The number of benzene rings is 2. The Labute approximate surface area is 310 Å². The molecule has 5 N–H and O–H groups in total. The Morgan fingerprint density at radius 1 is 0.792 bits per heavy atom. The lowest BCUT2D eigenvalue weighted by Gasteiger charge is -2.26. The number of phenolic OH excluding ortho intramolecular Hbond substituents is 1. The number of hydrogen-bond acceptors (Lipinski definition) is 10. The number of carbonyl (C=O) groups excluding carboxylic acids is 5. The minimum atomic E-state index is -0.989. The molecular formula is C38H54FN5O9. The largest absolute Gasteiger partial charge is 0.506 e. The zero-order valence-corrected chi connectivity index (χ0v) is 32.4. The van der Waals surface area contributed by atoms with Crippen LogP contribution in [0.25, 0.3) is 0 Å². The first-order valence-corrected chi connectivity index (χ1v) is 17.3. The van der Waals surface area contributed by atoms with Crippen molar-refractivity contribution >= 4 is 47.3 Å². The van der Waals surface area contributed by atoms with Crippen LogP contribution in [0.3, 0.4) is 0 Å². The summed E-state index contributed by atoms with van der Waals surface area (Å²) in [6.07, 6.45) is -2.47. The number of alkyl carbamates (subject to hydrolysis) is 3. The van der Waals surface area contributed by atoms with Crippen molar-refractivity contribution in [3.63, 3.8) is 0 Å². The fraction of sp³-hybridized carbons (Fsp3) is 0.526. The van der Waals surface area contributed by atoms with Crippen LogP contribution in [0, 0.1) is 17.7 Å². The summed E-state index contributed by atoms with van der Waals surface area (Å²) in [7, 11) is 0. The van der Waals surface area contributed by atoms with E-state index in [0.29, 0.717) is 11.3 Å². The van der Waals surface area contributed by atoms with Gasteiger partial charge in [0, 0.05) is 18.4 Å². The quantitative estimate of drug-likeness (QED) is 0.0681. The average Bonchev–Trinajstić information content (AvgIpc) is 2.96. The van der Waals surface area contributed by atoms with Crippen LogP contribution < -0.4 is 21.3 Å². The molecule has 14 nitrogen and oxygen atoms in total. The van der Waals surface area contributed by atoms with E-state index >= 15 is 0 Å². The Bertz CT molecular complexity index is 1620. The summed E-state index contributed by atoms with van der Waals surface area (Å²) >= 11 is 0. The second-order valence-electron chi connectivity index (χ2n) is 15.8. The van der Waals surface area contributed by atoms with E-state index in [4.69, 9.17) is 14.2 Å². The number of halogens is 1. The monoisotopic (exact) mass is 743 g/mol. The number of aliphatic imine (C=N–C) groups is 1. The van der Waals surface area contributed by atoms with Gasteiger partial charge in [0.1, 0.15) is 28.4 Å². The molecular weight excluding hydrogens is 689 g/mol. The number of amides is 4. The SMILES string of the molecule is CC(C)[C@H](NC(=O)OC(C)(C)C)C(=O)CC(CCc1cccc(N=C(NC(=O)OC(C)(C)C)NC(=O)OC(C)(C)C)c1)C(=O)Nc1cc(F)ccc1O. The molecule has 2 rings (SSSR count). The molecule has 0 saturated carbocycles. The van der Waals surface area contributed by atoms with Crippen LogP contribution in [-0.4, -0.2) is 63.9 Å². The molecule has 0 aromatic heterocycles. The van der Waals surface area contributed by atoms with Crippen molar-refractivity contribution in [2.75, 3.05) is 5.32 Å². The molecule has 2 aromatic rings. The van der Waals surface area contributed by atoms with Gasteiger partial charge in [-0.1, -0.05) is 26.0 Å². The van der Waals surface area contributed by atoms with Crippen LogP contribution in [0.5, 0.6) is 5.75 Å². The molecule has 2 aromatic carbocycles. The lowest BCUT2D eigenvalue weighted by atomic mass is 9.88. The van der Waals surface area contributed by atoms with E-state index in [1.165, 1.54) is 0 Å². The number of ketones is 1. The van der Waals surface area contributed by atoms with Crippen molar-refractivity contribution < 1.29 is 47.7 Å². The third-order valence-electron chi connectivity index (χ3n) is 6.89. The molecule has 0 aliphatic carbocycles. The maximum Gasteiger partial charge on any atom is 0.414 e. The van der Waals surface area contributed by atoms with E-state index in [2.05, 4.69) is 26.3 Å². The Morgan fingerprint density at radius 2 is 1.34 bits per heavy atom. The molecule has 0 radical (unpaired) electrons. The summed E-state index contributed by atoms with van der Waals surface area (Å²) in [6, 6.07) is 8.83. The summed E-state index contributed by atoms with van der Waals surface area (Å²) in [6.45, 7) is 18.6. The van der Waals surface area contributed by atoms with Gasteiger partial charge in [0.15, 0.2) is 5.78 Å². The molecule has 0 heterocycles. The maximum atomic E-state index is 14.0. The molecule has 292 valence electrons. The van der Waals surface area contributed by atoms with Gasteiger partial charge in [-0.05, 0) is 111 Å². The van der Waals surface area contributed by atoms with E-state index in [9.17, 15) is 33.5 Å². The van der Waals surface area contributed by atoms with Crippen LogP contribution in [0.1, 0.15) is 94.6 Å². The lowest BCUT2D eigenvalue weighted by Crippen LogP contribution is -2.47. The van der Waals surface area contributed by atoms with Gasteiger partial charge in [-0.2, -0.15) is 0 Å². The third-order valence-corrected chi connectivity index (χ3v) is 6.89. The number of Topliss-reactive ketones (excluding diaryl/α,β-unsaturated/α-hetero) is 1. The van der Waals surface area contributed by atoms with E-state index < -0.39 is 64.6 Å². The smallest absolute Gasteiger partial charge is 0.414 e. The standard InChI is InChI=1S/C38H54FN5O9/c1-22(2)30(42-33(48)51-36(3,4)5)29(46)20-24(31(47)41-27-21-25(39)17-18-28(27)45)16-15-23-13-12-14-26(19-23)40-32(43-34(49)52-37(6,7)8)44-35(50)53-38(9,10)11/h12-14,17-19,21-22,24,30,45H,15-16,20H2,1-11H3,(H,41,47)(H,42,48)(H2,40,43,44,49,50)/t24?,30-/m0/s1. The van der Waals surface area contributed by atoms with Crippen LogP contribution in [0.2, 0.25) is 0 Å². The zero-order valence-electron chi connectivity index (χ0n) is 32.4. The number of rotatable bonds is 11. The van der Waals surface area contributed by atoms with Gasteiger partial charge in [0.2, 0.25) is 11.9 Å². The number of guanidine groups is 1. The predicted octanol–water partition coefficient (Wildman–Crippen LogP) is 7.26. The minimum absolute atomic E-state index is 0.108. The molecule has 53 heavy (non-hydrogen) atoms. The second-order valence-corrected chi connectivity index (χ2v) is 15.8. The van der Waals surface area contributed by atoms with Crippen LogP contribution >= 0.6 is 0 Å². The van der Waals surface area contributed by atoms with Crippen molar-refractivity contribution in [3.05, 3.63) is 53.8 Å². The first kappa shape index (κ1) is 44.0. The topological polar surface area (TPSA) is 194 Å². The van der Waals surface area contributed by atoms with Gasteiger partial charge in [0.25, 0.3) is 0 Å². The molecule has 0 bridgehead atoms. The van der Waals surface area contributed by atoms with Gasteiger partial charge in [-0.25, -0.2) is 23.8 Å². The summed E-state index contributed by atoms with van der Waals surface area (Å²) in [5.41, 5.74) is -1.65. The maximum absolute atomic E-state index is 14.0. The summed E-state index contributed by atoms with van der Waals surface area (Å²) < 4.78 is 29.9. The van der Waals surface area contributed by atoms with Crippen LogP contribution in [-0.2, 0) is 30.2 Å². The number of ether oxygens (including phenoxy) is 3. The fourth-order valence-electron chi connectivity index (χ4n) is 4.73. The van der Waals surface area contributed by atoms with Crippen molar-refractivity contribution in [2.24, 2.45) is 16.8 Å². The van der Waals surface area contributed by atoms with E-state index in [0.717, 1.165) is 18.2 Å². The summed E-state index contributed by atoms with van der Waals surface area (Å²) in [5, 5.41) is 20.2. The lowest BCUT2D eigenvalue weighted by molar-refractivity contribution is -0.128. The minimum Gasteiger partial charge on any atom is -0.506 e. The Morgan fingerprint density at radius 3 is 1.87 bits per heavy atom. The Balaban J connectivity index is 2.40. The van der Waals surface area contributed by atoms with E-state index in [1.54, 1.807) is 100 Å². The first-order chi connectivity index (χ1) is 24.3. The summed E-state index contributed by atoms with van der Waals surface area (Å²) in [5.74, 6) is -3.74. The normalized spacial score (nSPS) is 12.8. The van der Waals surface area contributed by atoms with Crippen molar-refractivity contribution in [3.8, 4) is 5.75 Å². The number of carbonyl (C=O) groups is 5. The van der Waals surface area contributed by atoms with Crippen molar-refractivity contribution in [1.82, 2.24) is 16.0 Å². The highest BCUT2D eigenvalue weighted by Crippen LogP contribution is 2.27. The zero-order chi connectivity index (χ0) is 40.3. The Kier molecular flexibility index (Phi) is 15.4. The van der Waals surface area contributed by atoms with Crippen molar-refractivity contribution in [1.29, 1.82) is 0 Å².